The van der Waals surface area contributed by atoms with Gasteiger partial charge in [-0.25, -0.2) is 19.9 Å². The van der Waals surface area contributed by atoms with E-state index in [9.17, 15) is 9.90 Å². The fourth-order valence-electron chi connectivity index (χ4n) is 4.87. The van der Waals surface area contributed by atoms with Gasteiger partial charge in [0.2, 0.25) is 5.95 Å². The Morgan fingerprint density at radius 1 is 1.03 bits per heavy atom. The molecule has 0 spiro atoms. The molecule has 5 N–H and O–H groups in total. The third kappa shape index (κ3) is 4.32. The second-order valence-electron chi connectivity index (χ2n) is 9.08. The van der Waals surface area contributed by atoms with Crippen LogP contribution in [0.1, 0.15) is 48.2 Å². The molecule has 0 radical (unpaired) electrons. The van der Waals surface area contributed by atoms with Gasteiger partial charge in [-0.05, 0) is 36.8 Å². The first-order valence-corrected chi connectivity index (χ1v) is 11.8. The van der Waals surface area contributed by atoms with E-state index in [0.29, 0.717) is 11.7 Å². The Kier molecular flexibility index (Phi) is 6.12. The van der Waals surface area contributed by atoms with Crippen molar-refractivity contribution in [1.29, 1.82) is 0 Å². The lowest BCUT2D eigenvalue weighted by Gasteiger charge is -2.41. The fraction of sp³-hybridized carbons (Fsp3) is 0.360. The van der Waals surface area contributed by atoms with Gasteiger partial charge < -0.3 is 21.5 Å². The number of amides is 1. The van der Waals surface area contributed by atoms with Crippen LogP contribution in [0.15, 0.2) is 54.0 Å². The molecule has 1 saturated heterocycles. The van der Waals surface area contributed by atoms with Crippen LogP contribution in [0.2, 0.25) is 0 Å². The van der Waals surface area contributed by atoms with Crippen LogP contribution in [0.5, 0.6) is 0 Å². The molecule has 3 aromatic rings. The zero-order chi connectivity index (χ0) is 24.4. The van der Waals surface area contributed by atoms with Gasteiger partial charge >= 0.3 is 0 Å². The molecule has 180 valence electrons. The van der Waals surface area contributed by atoms with Crippen molar-refractivity contribution in [1.82, 2.24) is 19.9 Å². The van der Waals surface area contributed by atoms with Gasteiger partial charge in [0.05, 0.1) is 30.5 Å². The predicted molar refractivity (Wildman–Crippen MR) is 133 cm³/mol. The number of benzene rings is 1. The molecule has 2 aliphatic rings. The number of aromatic nitrogens is 4. The highest BCUT2D eigenvalue weighted by atomic mass is 16.3. The Hall–Kier alpha value is -3.92. The smallest absolute Gasteiger partial charge is 0.298 e. The molecule has 35 heavy (non-hydrogen) atoms. The van der Waals surface area contributed by atoms with Gasteiger partial charge in [0.15, 0.2) is 0 Å². The lowest BCUT2D eigenvalue weighted by Crippen LogP contribution is -2.47. The number of aliphatic imine (C=N–C) groups is 1. The summed E-state index contributed by atoms with van der Waals surface area (Å²) in [6, 6.07) is 8.04. The maximum absolute atomic E-state index is 12.8. The Morgan fingerprint density at radius 2 is 1.77 bits per heavy atom. The number of carbonyl (C=O) groups excluding carboxylic acids is 1. The normalized spacial score (nSPS) is 19.4. The highest BCUT2D eigenvalue weighted by Crippen LogP contribution is 2.44. The molecule has 1 atom stereocenters. The number of anilines is 2. The van der Waals surface area contributed by atoms with Crippen molar-refractivity contribution in [3.05, 3.63) is 60.3 Å². The Balaban J connectivity index is 1.34. The van der Waals surface area contributed by atoms with Gasteiger partial charge in [0, 0.05) is 24.5 Å². The molecule has 0 bridgehead atoms. The van der Waals surface area contributed by atoms with E-state index in [0.717, 1.165) is 55.3 Å². The Morgan fingerprint density at radius 3 is 2.37 bits per heavy atom. The number of aliphatic hydroxyl groups is 1. The molecular formula is C25H28N8O2. The first kappa shape index (κ1) is 22.9. The number of aliphatic hydroxyl groups excluding tert-OH is 1. The summed E-state index contributed by atoms with van der Waals surface area (Å²) in [5.41, 5.74) is 14.5. The van der Waals surface area contributed by atoms with Crippen molar-refractivity contribution in [2.24, 2.45) is 10.7 Å². The average molecular weight is 473 g/mol. The molecule has 1 aliphatic carbocycles. The number of nitrogen functional groups attached to an aromatic ring is 1. The summed E-state index contributed by atoms with van der Waals surface area (Å²) in [5, 5.41) is 9.54. The fourth-order valence-corrected chi connectivity index (χ4v) is 4.87. The van der Waals surface area contributed by atoms with Crippen LogP contribution in [-0.2, 0) is 5.41 Å². The standard InChI is InChI=1S/C25H28N8O2/c26-23(32-22(35)20-13-29-21(14-28-20)33-10-1-3-19(33)15-34)25(8-2-9-25)18-6-4-16(5-7-18)17-11-30-24(27)31-12-17/h4-7,11-14,19,34H,1-3,8-10,15H2,(H2,26,32,35)(H2,27,30,31)/t19-/m0/s1. The van der Waals surface area contributed by atoms with Gasteiger partial charge in [-0.2, -0.15) is 4.99 Å². The van der Waals surface area contributed by atoms with E-state index in [4.69, 9.17) is 11.5 Å². The average Bonchev–Trinajstić information content (AvgIpc) is 3.33. The maximum atomic E-state index is 12.8. The van der Waals surface area contributed by atoms with E-state index in [1.54, 1.807) is 18.6 Å². The van der Waals surface area contributed by atoms with Gasteiger partial charge in [-0.1, -0.05) is 30.7 Å². The minimum absolute atomic E-state index is 0.0388. The molecule has 1 amide bonds. The van der Waals surface area contributed by atoms with Crippen molar-refractivity contribution in [2.75, 3.05) is 23.8 Å². The monoisotopic (exact) mass is 472 g/mol. The number of rotatable bonds is 6. The molecule has 5 rings (SSSR count). The number of amidine groups is 1. The number of carbonyl (C=O) groups is 1. The van der Waals surface area contributed by atoms with Gasteiger partial charge in [0.1, 0.15) is 17.3 Å². The molecule has 2 fully saturated rings. The van der Waals surface area contributed by atoms with Crippen molar-refractivity contribution in [3.8, 4) is 11.1 Å². The van der Waals surface area contributed by atoms with Crippen LogP contribution >= 0.6 is 0 Å². The van der Waals surface area contributed by atoms with Crippen LogP contribution in [-0.4, -0.2) is 56.0 Å². The van der Waals surface area contributed by atoms with Crippen LogP contribution in [0.4, 0.5) is 11.8 Å². The number of nitrogens with zero attached hydrogens (tertiary/aromatic N) is 6. The van der Waals surface area contributed by atoms with E-state index < -0.39 is 11.3 Å². The number of hydrogen-bond donors (Lipinski definition) is 3. The lowest BCUT2D eigenvalue weighted by atomic mass is 9.63. The van der Waals surface area contributed by atoms with Crippen molar-refractivity contribution < 1.29 is 9.90 Å². The summed E-state index contributed by atoms with van der Waals surface area (Å²) in [7, 11) is 0. The largest absolute Gasteiger partial charge is 0.394 e. The van der Waals surface area contributed by atoms with Crippen LogP contribution in [0.3, 0.4) is 0 Å². The maximum Gasteiger partial charge on any atom is 0.298 e. The van der Waals surface area contributed by atoms with E-state index in [1.807, 2.05) is 29.2 Å². The van der Waals surface area contributed by atoms with E-state index in [1.165, 1.54) is 6.20 Å². The molecule has 10 nitrogen and oxygen atoms in total. The lowest BCUT2D eigenvalue weighted by molar-refractivity contribution is 0.0996. The summed E-state index contributed by atoms with van der Waals surface area (Å²) < 4.78 is 0. The number of nitrogens with two attached hydrogens (primary N) is 2. The Labute approximate surface area is 203 Å². The quantitative estimate of drug-likeness (QED) is 0.361. The van der Waals surface area contributed by atoms with E-state index in [-0.39, 0.29) is 24.3 Å². The third-order valence-electron chi connectivity index (χ3n) is 7.10. The van der Waals surface area contributed by atoms with Crippen molar-refractivity contribution >= 4 is 23.5 Å². The molecule has 3 heterocycles. The summed E-state index contributed by atoms with van der Waals surface area (Å²) in [5.74, 6) is 0.668. The molecule has 10 heteroatoms. The van der Waals surface area contributed by atoms with Gasteiger partial charge in [0.25, 0.3) is 5.91 Å². The van der Waals surface area contributed by atoms with Crippen molar-refractivity contribution in [3.63, 3.8) is 0 Å². The predicted octanol–water partition coefficient (Wildman–Crippen LogP) is 2.10. The van der Waals surface area contributed by atoms with Crippen LogP contribution < -0.4 is 16.4 Å². The highest BCUT2D eigenvalue weighted by molar-refractivity contribution is 6.05. The summed E-state index contributed by atoms with van der Waals surface area (Å²) in [6.45, 7) is 0.880. The molecular weight excluding hydrogens is 444 g/mol. The van der Waals surface area contributed by atoms with Crippen molar-refractivity contribution in [2.45, 2.75) is 43.6 Å². The molecule has 2 aromatic heterocycles. The minimum Gasteiger partial charge on any atom is -0.394 e. The molecule has 1 aliphatic heterocycles. The highest BCUT2D eigenvalue weighted by Gasteiger charge is 2.43. The zero-order valence-electron chi connectivity index (χ0n) is 19.3. The van der Waals surface area contributed by atoms with Gasteiger partial charge in [-0.15, -0.1) is 0 Å². The van der Waals surface area contributed by atoms with Crippen LogP contribution in [0.25, 0.3) is 11.1 Å². The minimum atomic E-state index is -0.511. The first-order chi connectivity index (χ1) is 17.0. The summed E-state index contributed by atoms with van der Waals surface area (Å²) >= 11 is 0. The second kappa shape index (κ2) is 9.38. The zero-order valence-corrected chi connectivity index (χ0v) is 19.3. The molecule has 0 unspecified atom stereocenters. The SMILES string of the molecule is NC(=NC(=O)c1cnc(N2CCC[C@H]2CO)cn1)C1(c2ccc(-c3cnc(N)nc3)cc2)CCC1. The van der Waals surface area contributed by atoms with Gasteiger partial charge in [-0.3, -0.25) is 4.79 Å². The topological polar surface area (TPSA) is 156 Å². The third-order valence-corrected chi connectivity index (χ3v) is 7.10. The number of hydrogen-bond acceptors (Lipinski definition) is 8. The molecule has 1 aromatic carbocycles. The first-order valence-electron chi connectivity index (χ1n) is 11.8. The molecule has 1 saturated carbocycles. The summed E-state index contributed by atoms with van der Waals surface area (Å²) in [4.78, 5) is 35.8. The van der Waals surface area contributed by atoms with E-state index >= 15 is 0 Å². The summed E-state index contributed by atoms with van der Waals surface area (Å²) in [6.07, 6.45) is 10.9. The second-order valence-corrected chi connectivity index (χ2v) is 9.08. The Bertz CT molecular complexity index is 1220. The van der Waals surface area contributed by atoms with Crippen LogP contribution in [0, 0.1) is 0 Å². The van der Waals surface area contributed by atoms with E-state index in [2.05, 4.69) is 24.9 Å².